The van der Waals surface area contributed by atoms with Gasteiger partial charge in [0.05, 0.1) is 0 Å². The third-order valence-electron chi connectivity index (χ3n) is 1.04. The summed E-state index contributed by atoms with van der Waals surface area (Å²) in [6.45, 7) is 2.03. The Morgan fingerprint density at radius 1 is 1.50 bits per heavy atom. The van der Waals surface area contributed by atoms with Gasteiger partial charge >= 0.3 is 0 Å². The number of nitrogens with zero attached hydrogens (tertiary/aromatic N) is 1. The van der Waals surface area contributed by atoms with Crippen LogP contribution >= 0.6 is 0 Å². The molecular weight excluding hydrogens is 98.1 g/mol. The molecular formula is C7H9N. The second-order valence-corrected chi connectivity index (χ2v) is 1.84. The number of aliphatic imine (C=N–C) groups is 1. The zero-order chi connectivity index (χ0) is 5.82. The van der Waals surface area contributed by atoms with E-state index in [1.165, 1.54) is 5.71 Å². The van der Waals surface area contributed by atoms with Crippen molar-refractivity contribution in [1.82, 2.24) is 0 Å². The van der Waals surface area contributed by atoms with Crippen LogP contribution in [0.5, 0.6) is 0 Å². The molecule has 42 valence electrons. The number of hydrogen-bond donors (Lipinski definition) is 0. The van der Waals surface area contributed by atoms with Crippen LogP contribution in [0.25, 0.3) is 0 Å². The van der Waals surface area contributed by atoms with Gasteiger partial charge in [-0.1, -0.05) is 12.2 Å². The van der Waals surface area contributed by atoms with Crippen LogP contribution in [0.4, 0.5) is 0 Å². The predicted octanol–water partition coefficient (Wildman–Crippen LogP) is 1.92. The summed E-state index contributed by atoms with van der Waals surface area (Å²) in [5.74, 6) is 0. The first kappa shape index (κ1) is 5.29. The van der Waals surface area contributed by atoms with Gasteiger partial charge in [0.25, 0.3) is 0 Å². The molecule has 1 aliphatic rings. The molecule has 0 radical (unpaired) electrons. The van der Waals surface area contributed by atoms with Crippen LogP contribution in [0.1, 0.15) is 13.3 Å². The van der Waals surface area contributed by atoms with Gasteiger partial charge in [0.15, 0.2) is 0 Å². The molecule has 1 heterocycles. The van der Waals surface area contributed by atoms with E-state index in [1.807, 2.05) is 25.3 Å². The normalized spacial score (nSPS) is 17.9. The molecule has 1 aliphatic heterocycles. The Morgan fingerprint density at radius 3 is 3.25 bits per heavy atom. The Bertz CT molecular complexity index is 152. The summed E-state index contributed by atoms with van der Waals surface area (Å²) < 4.78 is 0. The maximum Gasteiger partial charge on any atom is 0.0267 e. The molecule has 0 fully saturated rings. The highest BCUT2D eigenvalue weighted by molar-refractivity contribution is 5.84. The van der Waals surface area contributed by atoms with Crippen molar-refractivity contribution in [2.45, 2.75) is 13.3 Å². The molecule has 0 unspecified atom stereocenters. The van der Waals surface area contributed by atoms with Crippen LogP contribution < -0.4 is 0 Å². The average Bonchev–Trinajstić information content (AvgIpc) is 1.94. The molecule has 0 saturated heterocycles. The van der Waals surface area contributed by atoms with E-state index < -0.39 is 0 Å². The van der Waals surface area contributed by atoms with Gasteiger partial charge in [0, 0.05) is 18.3 Å². The highest BCUT2D eigenvalue weighted by Gasteiger charge is 1.84. The van der Waals surface area contributed by atoms with E-state index >= 15 is 0 Å². The molecule has 8 heavy (non-hydrogen) atoms. The summed E-state index contributed by atoms with van der Waals surface area (Å²) >= 11 is 0. The molecule has 0 aliphatic carbocycles. The van der Waals surface area contributed by atoms with Crippen molar-refractivity contribution in [2.75, 3.05) is 0 Å². The van der Waals surface area contributed by atoms with Gasteiger partial charge < -0.3 is 0 Å². The monoisotopic (exact) mass is 107 g/mol. The second-order valence-electron chi connectivity index (χ2n) is 1.84. The van der Waals surface area contributed by atoms with Crippen molar-refractivity contribution in [2.24, 2.45) is 4.99 Å². The van der Waals surface area contributed by atoms with Gasteiger partial charge in [0.2, 0.25) is 0 Å². The topological polar surface area (TPSA) is 12.4 Å². The third kappa shape index (κ3) is 1.34. The molecule has 0 N–H and O–H groups in total. The highest BCUT2D eigenvalue weighted by atomic mass is 14.7. The molecule has 0 amide bonds. The lowest BCUT2D eigenvalue weighted by molar-refractivity contribution is 1.41. The van der Waals surface area contributed by atoms with Crippen LogP contribution in [0.15, 0.2) is 29.4 Å². The number of allylic oxidation sites excluding steroid dienone is 3. The summed E-state index contributed by atoms with van der Waals surface area (Å²) in [5.41, 5.74) is 1.18. The van der Waals surface area contributed by atoms with Crippen LogP contribution in [0, 0.1) is 0 Å². The van der Waals surface area contributed by atoms with Crippen molar-refractivity contribution in [1.29, 1.82) is 0 Å². The first-order valence-electron chi connectivity index (χ1n) is 2.74. The van der Waals surface area contributed by atoms with Crippen molar-refractivity contribution in [3.05, 3.63) is 24.4 Å². The van der Waals surface area contributed by atoms with E-state index in [9.17, 15) is 0 Å². The largest absolute Gasteiger partial charge is 0.266 e. The zero-order valence-electron chi connectivity index (χ0n) is 4.96. The SMILES string of the molecule is CC1=NC=CC=CC1. The number of rotatable bonds is 0. The van der Waals surface area contributed by atoms with Crippen molar-refractivity contribution < 1.29 is 0 Å². The van der Waals surface area contributed by atoms with Crippen LogP contribution in [0.3, 0.4) is 0 Å². The molecule has 1 nitrogen and oxygen atoms in total. The molecule has 0 atom stereocenters. The van der Waals surface area contributed by atoms with E-state index in [0.29, 0.717) is 0 Å². The lowest BCUT2D eigenvalue weighted by Gasteiger charge is -1.85. The Kier molecular flexibility index (Phi) is 1.62. The van der Waals surface area contributed by atoms with E-state index in [0.717, 1.165) is 6.42 Å². The fourth-order valence-electron chi connectivity index (χ4n) is 0.590. The fourth-order valence-corrected chi connectivity index (χ4v) is 0.590. The standard InChI is InChI=1S/C7H9N/c1-7-5-3-2-4-6-8-7/h2-4,6H,5H2,1H3. The second kappa shape index (κ2) is 2.46. The molecule has 0 aromatic heterocycles. The predicted molar refractivity (Wildman–Crippen MR) is 36.0 cm³/mol. The van der Waals surface area contributed by atoms with E-state index in [1.54, 1.807) is 0 Å². The van der Waals surface area contributed by atoms with E-state index in [2.05, 4.69) is 11.1 Å². The first-order chi connectivity index (χ1) is 3.89. The summed E-state index contributed by atoms with van der Waals surface area (Å²) in [4.78, 5) is 4.10. The van der Waals surface area contributed by atoms with Crippen molar-refractivity contribution in [3.63, 3.8) is 0 Å². The van der Waals surface area contributed by atoms with Gasteiger partial charge in [-0.25, -0.2) is 0 Å². The summed E-state index contributed by atoms with van der Waals surface area (Å²) in [7, 11) is 0. The summed E-state index contributed by atoms with van der Waals surface area (Å²) in [6.07, 6.45) is 8.87. The minimum Gasteiger partial charge on any atom is -0.266 e. The average molecular weight is 107 g/mol. The molecule has 1 rings (SSSR count). The van der Waals surface area contributed by atoms with Gasteiger partial charge in [-0.05, 0) is 13.0 Å². The fraction of sp³-hybridized carbons (Fsp3) is 0.286. The zero-order valence-corrected chi connectivity index (χ0v) is 4.96. The maximum atomic E-state index is 4.10. The van der Waals surface area contributed by atoms with Crippen molar-refractivity contribution >= 4 is 5.71 Å². The minimum absolute atomic E-state index is 0.993. The van der Waals surface area contributed by atoms with Crippen molar-refractivity contribution in [3.8, 4) is 0 Å². The number of hydrogen-bond acceptors (Lipinski definition) is 1. The highest BCUT2D eigenvalue weighted by Crippen LogP contribution is 1.94. The summed E-state index contributed by atoms with van der Waals surface area (Å²) in [5, 5.41) is 0. The Hall–Kier alpha value is -0.850. The molecule has 0 bridgehead atoms. The quantitative estimate of drug-likeness (QED) is 0.448. The summed E-state index contributed by atoms with van der Waals surface area (Å²) in [6, 6.07) is 0. The molecule has 0 aromatic carbocycles. The first-order valence-corrected chi connectivity index (χ1v) is 2.74. The molecule has 0 saturated carbocycles. The van der Waals surface area contributed by atoms with Crippen LogP contribution in [-0.4, -0.2) is 5.71 Å². The maximum absolute atomic E-state index is 4.10. The van der Waals surface area contributed by atoms with E-state index in [-0.39, 0.29) is 0 Å². The lowest BCUT2D eigenvalue weighted by Crippen LogP contribution is -1.83. The lowest BCUT2D eigenvalue weighted by atomic mass is 10.3. The van der Waals surface area contributed by atoms with Gasteiger partial charge in [0.1, 0.15) is 0 Å². The Balaban J connectivity index is 2.69. The van der Waals surface area contributed by atoms with Crippen LogP contribution in [0.2, 0.25) is 0 Å². The Morgan fingerprint density at radius 2 is 2.38 bits per heavy atom. The van der Waals surface area contributed by atoms with Gasteiger partial charge in [-0.3, -0.25) is 4.99 Å². The molecule has 1 heteroatoms. The van der Waals surface area contributed by atoms with Crippen LogP contribution in [-0.2, 0) is 0 Å². The Labute approximate surface area is 49.4 Å². The van der Waals surface area contributed by atoms with Gasteiger partial charge in [-0.15, -0.1) is 0 Å². The third-order valence-corrected chi connectivity index (χ3v) is 1.04. The molecule has 0 spiro atoms. The van der Waals surface area contributed by atoms with Gasteiger partial charge in [-0.2, -0.15) is 0 Å². The van der Waals surface area contributed by atoms with E-state index in [4.69, 9.17) is 0 Å². The minimum atomic E-state index is 0.993. The smallest absolute Gasteiger partial charge is 0.0267 e. The molecule has 0 aromatic rings.